The molecule has 4 rings (SSSR count). The molecule has 1 fully saturated rings. The number of nitrogens with zero attached hydrogens (tertiary/aromatic N) is 1. The molecular weight excluding hydrogens is 518 g/mol. The molecule has 2 amide bonds. The Labute approximate surface area is 189 Å². The Hall–Kier alpha value is -2.09. The molecule has 1 aliphatic heterocycles. The number of imide groups is 1. The van der Waals surface area contributed by atoms with Gasteiger partial charge in [0, 0.05) is 0 Å². The lowest BCUT2D eigenvalue weighted by molar-refractivity contribution is -0.123. The predicted molar refractivity (Wildman–Crippen MR) is 124 cm³/mol. The number of benzene rings is 3. The fraction of sp³-hybridized carbons (Fsp3) is 0.0909. The van der Waals surface area contributed by atoms with Gasteiger partial charge in [-0.25, -0.2) is 0 Å². The second-order valence-corrected chi connectivity index (χ2v) is 9.17. The maximum atomic E-state index is 12.8. The van der Waals surface area contributed by atoms with E-state index in [0.29, 0.717) is 10.7 Å². The summed E-state index contributed by atoms with van der Waals surface area (Å²) in [7, 11) is 1.59. The van der Waals surface area contributed by atoms with Crippen molar-refractivity contribution in [3.8, 4) is 5.75 Å². The number of carbonyl (C=O) groups is 2. The number of carbonyl (C=O) groups excluding carboxylic acids is 2. The van der Waals surface area contributed by atoms with Gasteiger partial charge in [-0.1, -0.05) is 36.4 Å². The lowest BCUT2D eigenvalue weighted by Gasteiger charge is -2.13. The quantitative estimate of drug-likeness (QED) is 0.355. The third-order valence-corrected chi connectivity index (χ3v) is 6.64. The molecule has 0 radical (unpaired) electrons. The van der Waals surface area contributed by atoms with Crippen molar-refractivity contribution in [3.05, 3.63) is 79.6 Å². The Morgan fingerprint density at radius 2 is 1.69 bits per heavy atom. The number of halogens is 2. The molecule has 7 heteroatoms. The van der Waals surface area contributed by atoms with Crippen LogP contribution in [0.4, 0.5) is 4.79 Å². The Morgan fingerprint density at radius 3 is 2.38 bits per heavy atom. The molecule has 3 aromatic rings. The average Bonchev–Trinajstić information content (AvgIpc) is 2.95. The van der Waals surface area contributed by atoms with E-state index in [-0.39, 0.29) is 17.7 Å². The van der Waals surface area contributed by atoms with Gasteiger partial charge in [-0.05, 0) is 89.8 Å². The summed E-state index contributed by atoms with van der Waals surface area (Å²) >= 11 is 7.87. The molecule has 29 heavy (non-hydrogen) atoms. The zero-order valence-corrected chi connectivity index (χ0v) is 19.3. The van der Waals surface area contributed by atoms with Crippen LogP contribution in [0.5, 0.6) is 5.75 Å². The number of amides is 2. The van der Waals surface area contributed by atoms with Crippen LogP contribution >= 0.6 is 43.6 Å². The highest BCUT2D eigenvalue weighted by molar-refractivity contribution is 9.11. The molecule has 1 saturated heterocycles. The van der Waals surface area contributed by atoms with Crippen LogP contribution in [0.15, 0.2) is 68.4 Å². The number of thioether (sulfide) groups is 1. The van der Waals surface area contributed by atoms with E-state index in [0.717, 1.165) is 42.6 Å². The summed E-state index contributed by atoms with van der Waals surface area (Å²) < 4.78 is 6.82. The van der Waals surface area contributed by atoms with Gasteiger partial charge in [0.2, 0.25) is 0 Å². The van der Waals surface area contributed by atoms with Crippen LogP contribution in [0.2, 0.25) is 0 Å². The molecule has 1 aliphatic rings. The Kier molecular flexibility index (Phi) is 5.81. The summed E-state index contributed by atoms with van der Waals surface area (Å²) in [6, 6.07) is 17.7. The van der Waals surface area contributed by atoms with E-state index < -0.39 is 0 Å². The summed E-state index contributed by atoms with van der Waals surface area (Å²) in [5, 5.41) is 1.95. The van der Waals surface area contributed by atoms with Gasteiger partial charge in [0.1, 0.15) is 5.75 Å². The highest BCUT2D eigenvalue weighted by Gasteiger charge is 2.35. The summed E-state index contributed by atoms with van der Waals surface area (Å²) in [6.07, 6.45) is 1.72. The molecule has 1 heterocycles. The van der Waals surface area contributed by atoms with Crippen LogP contribution in [0, 0.1) is 0 Å². The van der Waals surface area contributed by atoms with Crippen molar-refractivity contribution in [1.29, 1.82) is 0 Å². The van der Waals surface area contributed by atoms with Crippen LogP contribution in [-0.4, -0.2) is 23.2 Å². The van der Waals surface area contributed by atoms with Crippen molar-refractivity contribution in [2.75, 3.05) is 7.11 Å². The summed E-state index contributed by atoms with van der Waals surface area (Å²) in [5.41, 5.74) is 1.71. The van der Waals surface area contributed by atoms with Gasteiger partial charge in [-0.15, -0.1) is 0 Å². The maximum Gasteiger partial charge on any atom is 0.293 e. The number of hydrogen-bond acceptors (Lipinski definition) is 4. The minimum absolute atomic E-state index is 0.253. The van der Waals surface area contributed by atoms with Crippen molar-refractivity contribution < 1.29 is 14.3 Å². The number of ether oxygens (including phenoxy) is 1. The average molecular weight is 533 g/mol. The molecule has 3 aromatic carbocycles. The van der Waals surface area contributed by atoms with E-state index in [1.807, 2.05) is 54.6 Å². The lowest BCUT2D eigenvalue weighted by Crippen LogP contribution is -2.27. The van der Waals surface area contributed by atoms with Crippen molar-refractivity contribution in [2.24, 2.45) is 0 Å². The normalized spacial score (nSPS) is 15.6. The topological polar surface area (TPSA) is 46.6 Å². The van der Waals surface area contributed by atoms with E-state index in [1.165, 1.54) is 4.90 Å². The van der Waals surface area contributed by atoms with E-state index in [4.69, 9.17) is 4.74 Å². The Bertz CT molecular complexity index is 1150. The zero-order chi connectivity index (χ0) is 20.5. The third-order valence-electron chi connectivity index (χ3n) is 4.55. The molecule has 0 aromatic heterocycles. The number of hydrogen-bond donors (Lipinski definition) is 0. The molecule has 0 aliphatic carbocycles. The molecule has 146 valence electrons. The lowest BCUT2D eigenvalue weighted by atomic mass is 10.1. The van der Waals surface area contributed by atoms with Crippen LogP contribution in [-0.2, 0) is 11.3 Å². The zero-order valence-electron chi connectivity index (χ0n) is 15.3. The first-order valence-electron chi connectivity index (χ1n) is 8.72. The minimum Gasteiger partial charge on any atom is -0.494 e. The largest absolute Gasteiger partial charge is 0.494 e. The Morgan fingerprint density at radius 1 is 1.00 bits per heavy atom. The molecule has 0 spiro atoms. The van der Waals surface area contributed by atoms with Crippen LogP contribution in [0.25, 0.3) is 16.8 Å². The van der Waals surface area contributed by atoms with Crippen molar-refractivity contribution >= 4 is 71.6 Å². The van der Waals surface area contributed by atoms with E-state index in [2.05, 4.69) is 31.9 Å². The second kappa shape index (κ2) is 8.34. The highest BCUT2D eigenvalue weighted by Crippen LogP contribution is 2.38. The van der Waals surface area contributed by atoms with Crippen molar-refractivity contribution in [2.45, 2.75) is 6.54 Å². The second-order valence-electron chi connectivity index (χ2n) is 6.47. The first kappa shape index (κ1) is 20.2. The SMILES string of the molecule is COc1c(Br)cc(/C=C2\SC(=O)N(Cc3ccc4ccccc4c3)C2=O)cc1Br. The number of rotatable bonds is 4. The van der Waals surface area contributed by atoms with Gasteiger partial charge in [0.25, 0.3) is 11.1 Å². The van der Waals surface area contributed by atoms with E-state index in [1.54, 1.807) is 13.2 Å². The molecule has 0 N–H and O–H groups in total. The van der Waals surface area contributed by atoms with Gasteiger partial charge >= 0.3 is 0 Å². The molecule has 0 bridgehead atoms. The fourth-order valence-electron chi connectivity index (χ4n) is 3.17. The molecule has 0 saturated carbocycles. The van der Waals surface area contributed by atoms with Crippen molar-refractivity contribution in [1.82, 2.24) is 4.90 Å². The molecule has 4 nitrogen and oxygen atoms in total. The van der Waals surface area contributed by atoms with Gasteiger partial charge in [-0.3, -0.25) is 14.5 Å². The first-order valence-corrected chi connectivity index (χ1v) is 11.1. The number of fused-ring (bicyclic) bond motifs is 1. The highest BCUT2D eigenvalue weighted by atomic mass is 79.9. The Balaban J connectivity index is 1.59. The van der Waals surface area contributed by atoms with E-state index in [9.17, 15) is 9.59 Å². The predicted octanol–water partition coefficient (Wildman–Crippen LogP) is 6.61. The van der Waals surface area contributed by atoms with Gasteiger partial charge < -0.3 is 4.74 Å². The van der Waals surface area contributed by atoms with Crippen LogP contribution in [0.1, 0.15) is 11.1 Å². The van der Waals surface area contributed by atoms with Gasteiger partial charge in [0.05, 0.1) is 27.5 Å². The molecule has 0 unspecified atom stereocenters. The van der Waals surface area contributed by atoms with E-state index >= 15 is 0 Å². The smallest absolute Gasteiger partial charge is 0.293 e. The van der Waals surface area contributed by atoms with Crippen LogP contribution < -0.4 is 4.74 Å². The minimum atomic E-state index is -0.281. The number of methoxy groups -OCH3 is 1. The van der Waals surface area contributed by atoms with Crippen molar-refractivity contribution in [3.63, 3.8) is 0 Å². The fourth-order valence-corrected chi connectivity index (χ4v) is 5.55. The monoisotopic (exact) mass is 531 g/mol. The molecule has 0 atom stereocenters. The first-order chi connectivity index (χ1) is 14.0. The standard InChI is InChI=1S/C22H15Br2NO3S/c1-28-20-17(23)9-14(10-18(20)24)11-19-21(26)25(22(27)29-19)12-13-6-7-15-4-2-3-5-16(15)8-13/h2-11H,12H2,1H3/b19-11-. The third kappa shape index (κ3) is 4.13. The van der Waals surface area contributed by atoms with Crippen LogP contribution in [0.3, 0.4) is 0 Å². The van der Waals surface area contributed by atoms with Gasteiger partial charge in [-0.2, -0.15) is 0 Å². The summed E-state index contributed by atoms with van der Waals surface area (Å²) in [4.78, 5) is 27.0. The maximum absolute atomic E-state index is 12.8. The summed E-state index contributed by atoms with van der Waals surface area (Å²) in [6.45, 7) is 0.253. The summed E-state index contributed by atoms with van der Waals surface area (Å²) in [5.74, 6) is 0.391. The molecular formula is C22H15Br2NO3S. The van der Waals surface area contributed by atoms with Gasteiger partial charge in [0.15, 0.2) is 0 Å².